The molecule has 0 N–H and O–H groups in total. The maximum absolute atomic E-state index is 12.6. The van der Waals surface area contributed by atoms with Gasteiger partial charge in [0.15, 0.2) is 0 Å². The number of amides is 1. The Morgan fingerprint density at radius 1 is 1.26 bits per heavy atom. The lowest BCUT2D eigenvalue weighted by Crippen LogP contribution is -2.44. The molecular weight excluding hydrogens is 393 g/mol. The van der Waals surface area contributed by atoms with Crippen molar-refractivity contribution in [2.75, 3.05) is 12.4 Å². The maximum Gasteiger partial charge on any atom is 0.254 e. The number of hydrogen-bond acceptors (Lipinski definition) is 1. The van der Waals surface area contributed by atoms with Gasteiger partial charge >= 0.3 is 0 Å². The summed E-state index contributed by atoms with van der Waals surface area (Å²) in [5.41, 5.74) is 0.725. The van der Waals surface area contributed by atoms with Crippen LogP contribution >= 0.6 is 43.5 Å². The Hall–Kier alpha value is -0.0600. The molecule has 1 aliphatic carbocycles. The van der Waals surface area contributed by atoms with Crippen molar-refractivity contribution in [1.82, 2.24) is 4.90 Å². The van der Waals surface area contributed by atoms with Crippen molar-refractivity contribution in [3.05, 3.63) is 32.7 Å². The Morgan fingerprint density at radius 3 is 2.37 bits per heavy atom. The second kappa shape index (κ2) is 7.09. The van der Waals surface area contributed by atoms with Crippen LogP contribution in [0.15, 0.2) is 27.1 Å². The summed E-state index contributed by atoms with van der Waals surface area (Å²) in [5, 5.41) is 0. The fourth-order valence-corrected chi connectivity index (χ4v) is 3.63. The SMILES string of the molecule is O=C(c1cc(Br)cc(Br)c1)N(CCCCl)C1CCC1. The number of halogens is 3. The molecule has 1 aromatic rings. The minimum absolute atomic E-state index is 0.108. The largest absolute Gasteiger partial charge is 0.336 e. The summed E-state index contributed by atoms with van der Waals surface area (Å²) < 4.78 is 1.83. The van der Waals surface area contributed by atoms with Crippen LogP contribution in [0.1, 0.15) is 36.0 Å². The first-order valence-electron chi connectivity index (χ1n) is 6.45. The molecule has 2 nitrogen and oxygen atoms in total. The highest BCUT2D eigenvalue weighted by Crippen LogP contribution is 2.28. The zero-order chi connectivity index (χ0) is 13.8. The minimum atomic E-state index is 0.108. The normalized spacial score (nSPS) is 15.1. The molecule has 2 rings (SSSR count). The van der Waals surface area contributed by atoms with Gasteiger partial charge in [0, 0.05) is 33.0 Å². The quantitative estimate of drug-likeness (QED) is 0.638. The van der Waals surface area contributed by atoms with Crippen molar-refractivity contribution in [1.29, 1.82) is 0 Å². The molecule has 1 aliphatic rings. The third-order valence-electron chi connectivity index (χ3n) is 3.42. The van der Waals surface area contributed by atoms with Gasteiger partial charge < -0.3 is 4.90 Å². The second-order valence-electron chi connectivity index (χ2n) is 4.78. The van der Waals surface area contributed by atoms with Crippen molar-refractivity contribution in [3.63, 3.8) is 0 Å². The molecular formula is C14H16Br2ClNO. The predicted octanol–water partition coefficient (Wildman–Crippen LogP) is 4.84. The second-order valence-corrected chi connectivity index (χ2v) is 6.99. The number of carbonyl (C=O) groups is 1. The Kier molecular flexibility index (Phi) is 5.72. The molecule has 5 heteroatoms. The zero-order valence-corrected chi connectivity index (χ0v) is 14.5. The van der Waals surface area contributed by atoms with Crippen molar-refractivity contribution in [2.45, 2.75) is 31.7 Å². The lowest BCUT2D eigenvalue weighted by Gasteiger charge is -2.37. The minimum Gasteiger partial charge on any atom is -0.336 e. The summed E-state index contributed by atoms with van der Waals surface area (Å²) in [6, 6.07) is 6.08. The molecule has 1 amide bonds. The van der Waals surface area contributed by atoms with Crippen LogP contribution in [-0.2, 0) is 0 Å². The van der Waals surface area contributed by atoms with Gasteiger partial charge in [0.05, 0.1) is 0 Å². The molecule has 0 bridgehead atoms. The predicted molar refractivity (Wildman–Crippen MR) is 85.9 cm³/mol. The van der Waals surface area contributed by atoms with Crippen LogP contribution in [0.3, 0.4) is 0 Å². The lowest BCUT2D eigenvalue weighted by molar-refractivity contribution is 0.0580. The number of alkyl halides is 1. The smallest absolute Gasteiger partial charge is 0.254 e. The van der Waals surface area contributed by atoms with E-state index < -0.39 is 0 Å². The van der Waals surface area contributed by atoms with Crippen LogP contribution in [0, 0.1) is 0 Å². The monoisotopic (exact) mass is 407 g/mol. The van der Waals surface area contributed by atoms with E-state index in [4.69, 9.17) is 11.6 Å². The van der Waals surface area contributed by atoms with Crippen LogP contribution in [0.5, 0.6) is 0 Å². The van der Waals surface area contributed by atoms with E-state index in [1.165, 1.54) is 6.42 Å². The summed E-state index contributed by atoms with van der Waals surface area (Å²) in [4.78, 5) is 14.6. The Balaban J connectivity index is 2.17. The third-order valence-corrected chi connectivity index (χ3v) is 4.60. The van der Waals surface area contributed by atoms with E-state index >= 15 is 0 Å². The van der Waals surface area contributed by atoms with Crippen LogP contribution in [-0.4, -0.2) is 29.3 Å². The summed E-state index contributed by atoms with van der Waals surface area (Å²) in [6.45, 7) is 0.747. The van der Waals surface area contributed by atoms with Gasteiger partial charge in [0.25, 0.3) is 5.91 Å². The molecule has 0 saturated heterocycles. The molecule has 0 radical (unpaired) electrons. The molecule has 1 fully saturated rings. The molecule has 0 heterocycles. The number of rotatable bonds is 5. The van der Waals surface area contributed by atoms with Crippen LogP contribution < -0.4 is 0 Å². The van der Waals surface area contributed by atoms with Crippen molar-refractivity contribution in [2.24, 2.45) is 0 Å². The van der Waals surface area contributed by atoms with Crippen LogP contribution in [0.4, 0.5) is 0 Å². The summed E-state index contributed by atoms with van der Waals surface area (Å²) >= 11 is 12.6. The standard InChI is InChI=1S/C14H16Br2ClNO/c15-11-7-10(8-12(16)9-11)14(19)18(6-2-5-17)13-3-1-4-13/h7-9,13H,1-6H2. The highest BCUT2D eigenvalue weighted by atomic mass is 79.9. The Bertz CT molecular complexity index is 443. The molecule has 0 aromatic heterocycles. The van der Waals surface area contributed by atoms with E-state index in [2.05, 4.69) is 31.9 Å². The van der Waals surface area contributed by atoms with Gasteiger partial charge in [-0.3, -0.25) is 4.79 Å². The van der Waals surface area contributed by atoms with Gasteiger partial charge in [-0.05, 0) is 43.9 Å². The van der Waals surface area contributed by atoms with Crippen LogP contribution in [0.25, 0.3) is 0 Å². The number of hydrogen-bond donors (Lipinski definition) is 0. The Morgan fingerprint density at radius 2 is 1.89 bits per heavy atom. The fraction of sp³-hybridized carbons (Fsp3) is 0.500. The fourth-order valence-electron chi connectivity index (χ4n) is 2.22. The van der Waals surface area contributed by atoms with E-state index in [0.29, 0.717) is 11.9 Å². The number of carbonyl (C=O) groups excluding carboxylic acids is 1. The molecule has 0 spiro atoms. The summed E-state index contributed by atoms with van der Waals surface area (Å²) in [7, 11) is 0. The highest BCUT2D eigenvalue weighted by molar-refractivity contribution is 9.11. The van der Waals surface area contributed by atoms with Gasteiger partial charge in [-0.25, -0.2) is 0 Å². The Labute approximate surface area is 135 Å². The summed E-state index contributed by atoms with van der Waals surface area (Å²) in [6.07, 6.45) is 4.29. The van der Waals surface area contributed by atoms with Gasteiger partial charge in [-0.2, -0.15) is 0 Å². The van der Waals surface area contributed by atoms with Crippen molar-refractivity contribution < 1.29 is 4.79 Å². The van der Waals surface area contributed by atoms with Gasteiger partial charge in [0.2, 0.25) is 0 Å². The molecule has 19 heavy (non-hydrogen) atoms. The molecule has 104 valence electrons. The van der Waals surface area contributed by atoms with Gasteiger partial charge in [-0.15, -0.1) is 11.6 Å². The van der Waals surface area contributed by atoms with Gasteiger partial charge in [0.1, 0.15) is 0 Å². The van der Waals surface area contributed by atoms with Crippen molar-refractivity contribution >= 4 is 49.4 Å². The van der Waals surface area contributed by atoms with E-state index in [1.54, 1.807) is 0 Å². The first-order valence-corrected chi connectivity index (χ1v) is 8.57. The van der Waals surface area contributed by atoms with Crippen molar-refractivity contribution in [3.8, 4) is 0 Å². The van der Waals surface area contributed by atoms with Gasteiger partial charge in [-0.1, -0.05) is 31.9 Å². The lowest BCUT2D eigenvalue weighted by atomic mass is 9.91. The number of benzene rings is 1. The molecule has 1 saturated carbocycles. The van der Waals surface area contributed by atoms with E-state index in [-0.39, 0.29) is 5.91 Å². The zero-order valence-electron chi connectivity index (χ0n) is 10.5. The molecule has 1 aromatic carbocycles. The third kappa shape index (κ3) is 3.96. The number of nitrogens with zero attached hydrogens (tertiary/aromatic N) is 1. The van der Waals surface area contributed by atoms with Crippen LogP contribution in [0.2, 0.25) is 0 Å². The van der Waals surface area contributed by atoms with E-state index in [0.717, 1.165) is 40.3 Å². The van der Waals surface area contributed by atoms with E-state index in [1.807, 2.05) is 23.1 Å². The molecule has 0 aliphatic heterocycles. The highest BCUT2D eigenvalue weighted by Gasteiger charge is 2.29. The first kappa shape index (κ1) is 15.3. The topological polar surface area (TPSA) is 20.3 Å². The maximum atomic E-state index is 12.6. The average molecular weight is 410 g/mol. The summed E-state index contributed by atoms with van der Waals surface area (Å²) in [5.74, 6) is 0.704. The molecule has 0 unspecified atom stereocenters. The first-order chi connectivity index (χ1) is 9.11. The average Bonchev–Trinajstić information content (AvgIpc) is 2.29. The molecule has 0 atom stereocenters. The van der Waals surface area contributed by atoms with E-state index in [9.17, 15) is 4.79 Å².